The number of thiazole rings is 1. The highest BCUT2D eigenvalue weighted by Crippen LogP contribution is 2.20. The number of fused-ring (bicyclic) bond motifs is 1. The van der Waals surface area contributed by atoms with Crippen LogP contribution in [0.2, 0.25) is 10.0 Å². The first-order valence-corrected chi connectivity index (χ1v) is 7.78. The molecule has 5 nitrogen and oxygen atoms in total. The Labute approximate surface area is 134 Å². The van der Waals surface area contributed by atoms with Crippen LogP contribution in [-0.2, 0) is 6.42 Å². The van der Waals surface area contributed by atoms with Crippen molar-refractivity contribution in [2.45, 2.75) is 6.42 Å². The topological polar surface area (TPSA) is 59.3 Å². The van der Waals surface area contributed by atoms with Gasteiger partial charge in [-0.05, 0) is 18.2 Å². The van der Waals surface area contributed by atoms with E-state index in [2.05, 4.69) is 15.5 Å². The van der Waals surface area contributed by atoms with E-state index in [9.17, 15) is 4.79 Å². The van der Waals surface area contributed by atoms with Crippen molar-refractivity contribution in [1.29, 1.82) is 0 Å². The van der Waals surface area contributed by atoms with Crippen LogP contribution in [0.3, 0.4) is 0 Å². The average Bonchev–Trinajstić information content (AvgIpc) is 3.03. The number of rotatable bonds is 4. The second kappa shape index (κ2) is 6.01. The number of nitrogens with zero attached hydrogens (tertiary/aromatic N) is 3. The molecule has 0 atom stereocenters. The van der Waals surface area contributed by atoms with Gasteiger partial charge in [0.05, 0.1) is 10.6 Å². The first kappa shape index (κ1) is 14.3. The molecule has 0 aliphatic rings. The number of benzene rings is 1. The van der Waals surface area contributed by atoms with Gasteiger partial charge in [-0.2, -0.15) is 0 Å². The molecular weight excluding hydrogens is 331 g/mol. The average molecular weight is 341 g/mol. The van der Waals surface area contributed by atoms with E-state index in [-0.39, 0.29) is 5.91 Å². The number of aromatic nitrogens is 3. The van der Waals surface area contributed by atoms with E-state index >= 15 is 0 Å². The molecule has 0 fully saturated rings. The molecule has 0 saturated carbocycles. The number of hydrogen-bond donors (Lipinski definition) is 1. The van der Waals surface area contributed by atoms with Gasteiger partial charge in [0, 0.05) is 29.1 Å². The summed E-state index contributed by atoms with van der Waals surface area (Å²) in [6, 6.07) is 4.81. The third-order valence-corrected chi connectivity index (χ3v) is 4.40. The summed E-state index contributed by atoms with van der Waals surface area (Å²) in [4.78, 5) is 12.9. The Hall–Kier alpha value is -1.63. The van der Waals surface area contributed by atoms with Crippen molar-refractivity contribution >= 4 is 45.4 Å². The zero-order chi connectivity index (χ0) is 14.8. The minimum Gasteiger partial charge on any atom is -0.352 e. The van der Waals surface area contributed by atoms with Crippen LogP contribution in [0.1, 0.15) is 16.1 Å². The predicted molar refractivity (Wildman–Crippen MR) is 83.4 cm³/mol. The van der Waals surface area contributed by atoms with Crippen LogP contribution in [0, 0.1) is 0 Å². The lowest BCUT2D eigenvalue weighted by Crippen LogP contribution is -2.26. The van der Waals surface area contributed by atoms with Crippen molar-refractivity contribution in [3.05, 3.63) is 51.2 Å². The Morgan fingerprint density at radius 2 is 2.24 bits per heavy atom. The van der Waals surface area contributed by atoms with Crippen LogP contribution >= 0.6 is 34.5 Å². The smallest absolute Gasteiger partial charge is 0.252 e. The molecule has 2 aromatic heterocycles. The highest BCUT2D eigenvalue weighted by molar-refractivity contribution is 7.15. The van der Waals surface area contributed by atoms with Crippen LogP contribution in [0.15, 0.2) is 29.9 Å². The van der Waals surface area contributed by atoms with Crippen molar-refractivity contribution in [2.75, 3.05) is 6.54 Å². The second-order valence-electron chi connectivity index (χ2n) is 4.34. The molecule has 3 rings (SSSR count). The van der Waals surface area contributed by atoms with Crippen molar-refractivity contribution in [3.8, 4) is 0 Å². The maximum atomic E-state index is 12.1. The molecule has 21 heavy (non-hydrogen) atoms. The molecule has 0 aliphatic carbocycles. The van der Waals surface area contributed by atoms with Gasteiger partial charge in [-0.3, -0.25) is 9.20 Å². The van der Waals surface area contributed by atoms with E-state index in [0.717, 1.165) is 10.7 Å². The van der Waals surface area contributed by atoms with E-state index in [4.69, 9.17) is 23.2 Å². The van der Waals surface area contributed by atoms with Crippen molar-refractivity contribution < 1.29 is 4.79 Å². The molecule has 1 aromatic carbocycles. The van der Waals surface area contributed by atoms with E-state index in [1.807, 2.05) is 9.78 Å². The quantitative estimate of drug-likeness (QED) is 0.793. The van der Waals surface area contributed by atoms with Gasteiger partial charge < -0.3 is 5.32 Å². The molecule has 0 unspecified atom stereocenters. The fourth-order valence-corrected chi connectivity index (χ4v) is 3.27. The number of nitrogens with one attached hydrogen (secondary N) is 1. The lowest BCUT2D eigenvalue weighted by atomic mass is 10.2. The monoisotopic (exact) mass is 340 g/mol. The number of carbonyl (C=O) groups is 1. The third-order valence-electron chi connectivity index (χ3n) is 2.97. The Bertz CT molecular complexity index is 798. The fourth-order valence-electron chi connectivity index (χ4n) is 1.93. The number of halogens is 2. The molecule has 0 radical (unpaired) electrons. The minimum absolute atomic E-state index is 0.216. The molecule has 0 aliphatic heterocycles. The highest BCUT2D eigenvalue weighted by Gasteiger charge is 2.11. The van der Waals surface area contributed by atoms with Crippen LogP contribution in [0.4, 0.5) is 0 Å². The van der Waals surface area contributed by atoms with Gasteiger partial charge in [0.2, 0.25) is 4.96 Å². The predicted octanol–water partition coefficient (Wildman–Crippen LogP) is 3.07. The maximum Gasteiger partial charge on any atom is 0.252 e. The summed E-state index contributed by atoms with van der Waals surface area (Å²) in [5.74, 6) is -0.216. The van der Waals surface area contributed by atoms with Gasteiger partial charge in [0.25, 0.3) is 5.91 Å². The molecule has 2 heterocycles. The van der Waals surface area contributed by atoms with Gasteiger partial charge in [-0.15, -0.1) is 21.5 Å². The summed E-state index contributed by atoms with van der Waals surface area (Å²) in [6.45, 7) is 0.502. The Morgan fingerprint density at radius 1 is 1.38 bits per heavy atom. The lowest BCUT2D eigenvalue weighted by Gasteiger charge is -2.06. The van der Waals surface area contributed by atoms with Crippen molar-refractivity contribution in [1.82, 2.24) is 19.9 Å². The number of amides is 1. The van der Waals surface area contributed by atoms with E-state index in [0.29, 0.717) is 28.6 Å². The van der Waals surface area contributed by atoms with Crippen LogP contribution in [-0.4, -0.2) is 27.0 Å². The SMILES string of the molecule is O=C(NCCc1csc2nncn12)c1ccc(Cl)cc1Cl. The van der Waals surface area contributed by atoms with Crippen LogP contribution in [0.5, 0.6) is 0 Å². The Kier molecular flexibility index (Phi) is 4.10. The largest absolute Gasteiger partial charge is 0.352 e. The summed E-state index contributed by atoms with van der Waals surface area (Å²) < 4.78 is 1.91. The van der Waals surface area contributed by atoms with Crippen molar-refractivity contribution in [3.63, 3.8) is 0 Å². The summed E-state index contributed by atoms with van der Waals surface area (Å²) in [5, 5.41) is 13.5. The first-order chi connectivity index (χ1) is 10.1. The summed E-state index contributed by atoms with van der Waals surface area (Å²) in [7, 11) is 0. The van der Waals surface area contributed by atoms with Gasteiger partial charge in [-0.25, -0.2) is 0 Å². The zero-order valence-corrected chi connectivity index (χ0v) is 13.0. The minimum atomic E-state index is -0.216. The molecule has 0 bridgehead atoms. The lowest BCUT2D eigenvalue weighted by molar-refractivity contribution is 0.0954. The Morgan fingerprint density at radius 3 is 3.05 bits per heavy atom. The maximum absolute atomic E-state index is 12.1. The molecule has 8 heteroatoms. The number of carbonyl (C=O) groups excluding carboxylic acids is 1. The van der Waals surface area contributed by atoms with E-state index in [1.54, 1.807) is 24.5 Å². The number of hydrogen-bond acceptors (Lipinski definition) is 4. The molecule has 3 aromatic rings. The van der Waals surface area contributed by atoms with E-state index in [1.165, 1.54) is 11.3 Å². The molecule has 0 saturated heterocycles. The van der Waals surface area contributed by atoms with Crippen LogP contribution < -0.4 is 5.32 Å². The van der Waals surface area contributed by atoms with Crippen molar-refractivity contribution in [2.24, 2.45) is 0 Å². The fraction of sp³-hybridized carbons (Fsp3) is 0.154. The zero-order valence-electron chi connectivity index (χ0n) is 10.7. The summed E-state index contributed by atoms with van der Waals surface area (Å²) in [5.41, 5.74) is 1.48. The molecule has 108 valence electrons. The third kappa shape index (κ3) is 3.02. The summed E-state index contributed by atoms with van der Waals surface area (Å²) in [6.07, 6.45) is 2.36. The second-order valence-corrected chi connectivity index (χ2v) is 6.02. The molecule has 1 N–H and O–H groups in total. The first-order valence-electron chi connectivity index (χ1n) is 6.14. The van der Waals surface area contributed by atoms with Gasteiger partial charge in [0.15, 0.2) is 0 Å². The molecular formula is C13H10Cl2N4OS. The highest BCUT2D eigenvalue weighted by atomic mass is 35.5. The Balaban J connectivity index is 1.62. The van der Waals surface area contributed by atoms with E-state index < -0.39 is 0 Å². The van der Waals surface area contributed by atoms with Gasteiger partial charge in [0.1, 0.15) is 6.33 Å². The molecule has 0 spiro atoms. The molecule has 1 amide bonds. The normalized spacial score (nSPS) is 11.0. The van der Waals surface area contributed by atoms with Gasteiger partial charge >= 0.3 is 0 Å². The summed E-state index contributed by atoms with van der Waals surface area (Å²) >= 11 is 13.3. The van der Waals surface area contributed by atoms with Crippen LogP contribution in [0.25, 0.3) is 4.96 Å². The van der Waals surface area contributed by atoms with Gasteiger partial charge in [-0.1, -0.05) is 23.2 Å². The standard InChI is InChI=1S/C13H10Cl2N4OS/c14-8-1-2-10(11(15)5-8)12(20)16-4-3-9-6-21-13-18-17-7-19(9)13/h1-2,5-7H,3-4H2,(H,16,20).